The highest BCUT2D eigenvalue weighted by Gasteiger charge is 2.85. The second kappa shape index (κ2) is 13.7. The molecule has 3 unspecified atom stereocenters. The number of unbranched alkanes of at least 4 members (excludes halogenated alkanes) is 3. The van der Waals surface area contributed by atoms with Crippen LogP contribution in [0, 0.1) is 5.92 Å². The summed E-state index contributed by atoms with van der Waals surface area (Å²) in [7, 11) is 1.59. The number of hydrogen-bond donors (Lipinski definition) is 3. The van der Waals surface area contributed by atoms with Gasteiger partial charge < -0.3 is 26.3 Å². The van der Waals surface area contributed by atoms with Gasteiger partial charge in [-0.05, 0) is 55.4 Å². The van der Waals surface area contributed by atoms with E-state index in [4.69, 9.17) is 20.9 Å². The normalized spacial score (nSPS) is 22.0. The highest BCUT2D eigenvalue weighted by Crippen LogP contribution is 2.59. The number of rotatable bonds is 14. The number of nitrogen functional groups attached to an aromatic ring is 1. The van der Waals surface area contributed by atoms with Gasteiger partial charge in [-0.1, -0.05) is 69.9 Å². The van der Waals surface area contributed by atoms with Crippen LogP contribution in [0.15, 0.2) is 53.2 Å². The lowest BCUT2D eigenvalue weighted by atomic mass is 9.70. The summed E-state index contributed by atoms with van der Waals surface area (Å²) < 4.78 is 11.7. The molecule has 0 spiro atoms. The maximum Gasteiger partial charge on any atom is 0.350 e. The lowest BCUT2D eigenvalue weighted by Crippen LogP contribution is -2.51. The number of guanidine groups is 1. The largest absolute Gasteiger partial charge is 0.463 e. The van der Waals surface area contributed by atoms with Gasteiger partial charge in [0.05, 0.1) is 12.6 Å². The van der Waals surface area contributed by atoms with Crippen LogP contribution in [0.25, 0.3) is 0 Å². The molecule has 1 fully saturated rings. The molecule has 3 atom stereocenters. The van der Waals surface area contributed by atoms with Crippen LogP contribution in [0.1, 0.15) is 104 Å². The zero-order valence-electron chi connectivity index (χ0n) is 26.4. The Labute approximate surface area is 259 Å². The number of esters is 1. The topological polar surface area (TPSA) is 162 Å². The van der Waals surface area contributed by atoms with E-state index in [1.54, 1.807) is 31.4 Å². The minimum Gasteiger partial charge on any atom is -0.463 e. The van der Waals surface area contributed by atoms with Gasteiger partial charge in [-0.15, -0.1) is 0 Å². The van der Waals surface area contributed by atoms with Crippen LogP contribution in [0.4, 0.5) is 5.82 Å². The van der Waals surface area contributed by atoms with Gasteiger partial charge >= 0.3 is 5.97 Å². The number of hydrogen-bond acceptors (Lipinski definition) is 8. The summed E-state index contributed by atoms with van der Waals surface area (Å²) in [5.74, 6) is -0.789. The molecule has 0 bridgehead atoms. The summed E-state index contributed by atoms with van der Waals surface area (Å²) >= 11 is 0. The molecule has 1 aliphatic heterocycles. The summed E-state index contributed by atoms with van der Waals surface area (Å²) in [5.41, 5.74) is 11.3. The molecule has 10 heteroatoms. The maximum absolute atomic E-state index is 14.3. The number of anilines is 1. The van der Waals surface area contributed by atoms with Crippen LogP contribution in [0.3, 0.4) is 0 Å². The van der Waals surface area contributed by atoms with Crippen molar-refractivity contribution in [3.05, 3.63) is 70.4 Å². The van der Waals surface area contributed by atoms with Crippen molar-refractivity contribution >= 4 is 29.3 Å². The van der Waals surface area contributed by atoms with Gasteiger partial charge in [0.1, 0.15) is 5.82 Å². The van der Waals surface area contributed by atoms with E-state index in [1.165, 1.54) is 0 Å². The second-order valence-electron chi connectivity index (χ2n) is 12.2. The van der Waals surface area contributed by atoms with Crippen molar-refractivity contribution in [1.29, 1.82) is 0 Å². The van der Waals surface area contributed by atoms with Gasteiger partial charge in [0.25, 0.3) is 5.60 Å². The molecule has 2 aromatic rings. The van der Waals surface area contributed by atoms with E-state index in [0.717, 1.165) is 36.0 Å². The quantitative estimate of drug-likeness (QED) is 0.0520. The van der Waals surface area contributed by atoms with Crippen LogP contribution in [0.5, 0.6) is 0 Å². The van der Waals surface area contributed by atoms with Crippen LogP contribution in [-0.2, 0) is 20.7 Å². The first-order chi connectivity index (χ1) is 21.0. The molecular formula is C34H45N5O5. The molecule has 2 aliphatic rings. The minimum absolute atomic E-state index is 0.0325. The number of ketones is 2. The Morgan fingerprint density at radius 3 is 2.64 bits per heavy atom. The van der Waals surface area contributed by atoms with Crippen LogP contribution in [0.2, 0.25) is 0 Å². The molecule has 10 nitrogen and oxygen atoms in total. The van der Waals surface area contributed by atoms with Crippen molar-refractivity contribution in [3.8, 4) is 0 Å². The fraction of sp³-hybridized carbons (Fsp3) is 0.500. The number of epoxide rings is 1. The molecular weight excluding hydrogens is 558 g/mol. The third-order valence-electron chi connectivity index (χ3n) is 8.34. The molecule has 0 amide bonds. The molecule has 1 aliphatic carbocycles. The van der Waals surface area contributed by atoms with Crippen molar-refractivity contribution in [2.24, 2.45) is 16.6 Å². The van der Waals surface area contributed by atoms with E-state index in [2.05, 4.69) is 22.2 Å². The third kappa shape index (κ3) is 6.40. The number of carbonyl (C=O) groups is 3. The molecule has 0 saturated carbocycles. The van der Waals surface area contributed by atoms with Crippen LogP contribution >= 0.6 is 0 Å². The predicted octanol–water partition coefficient (Wildman–Crippen LogP) is 4.87. The molecule has 5 N–H and O–H groups in total. The van der Waals surface area contributed by atoms with Gasteiger partial charge in [-0.25, -0.2) is 9.78 Å². The van der Waals surface area contributed by atoms with E-state index in [0.29, 0.717) is 30.6 Å². The Hall–Kier alpha value is -4.05. The van der Waals surface area contributed by atoms with E-state index < -0.39 is 23.0 Å². The molecule has 1 saturated heterocycles. The van der Waals surface area contributed by atoms with E-state index in [-0.39, 0.29) is 42.3 Å². The van der Waals surface area contributed by atoms with Crippen LogP contribution in [-0.4, -0.2) is 53.3 Å². The average Bonchev–Trinajstić information content (AvgIpc) is 3.70. The molecule has 0 radical (unpaired) electrons. The lowest BCUT2D eigenvalue weighted by molar-refractivity contribution is -0.148. The van der Waals surface area contributed by atoms with Crippen molar-refractivity contribution in [2.75, 3.05) is 19.4 Å². The average molecular weight is 604 g/mol. The standard InChI is InChI=1S/C34H45N5O5/c1-6-7-8-9-17-43-31(42)34-30(41)28-24(18-21(2)3)11-10-12-25(28)29(40)33(34,44-34)15-13-22(4)19-26(39-32(36)37-5)23-14-16-38-27(35)20-23/h10-14,16,20-21,26H,6-9,15,17-19H2,1-5H3,(H2,35,38)(H3,36,37,39). The summed E-state index contributed by atoms with van der Waals surface area (Å²) in [5, 5.41) is 3.19. The predicted molar refractivity (Wildman–Crippen MR) is 170 cm³/mol. The monoisotopic (exact) mass is 603 g/mol. The Balaban J connectivity index is 1.67. The number of aliphatic imine (C=N–C) groups is 1. The maximum atomic E-state index is 14.3. The molecule has 1 aromatic carbocycles. The van der Waals surface area contributed by atoms with Gasteiger partial charge in [0.2, 0.25) is 5.78 Å². The minimum atomic E-state index is -2.00. The van der Waals surface area contributed by atoms with Gasteiger partial charge in [0.15, 0.2) is 17.3 Å². The first-order valence-corrected chi connectivity index (χ1v) is 15.5. The van der Waals surface area contributed by atoms with Gasteiger partial charge in [-0.2, -0.15) is 0 Å². The molecule has 4 rings (SSSR count). The number of aromatic nitrogens is 1. The molecule has 2 heterocycles. The number of ether oxygens (including phenoxy) is 2. The number of benzene rings is 1. The zero-order chi connectivity index (χ0) is 32.1. The number of nitrogens with one attached hydrogen (secondary N) is 1. The number of pyridine rings is 1. The van der Waals surface area contributed by atoms with Crippen molar-refractivity contribution < 1.29 is 23.9 Å². The van der Waals surface area contributed by atoms with Crippen molar-refractivity contribution in [1.82, 2.24) is 10.3 Å². The summed E-state index contributed by atoms with van der Waals surface area (Å²) in [6, 6.07) is 8.58. The first-order valence-electron chi connectivity index (χ1n) is 15.5. The number of nitrogens with two attached hydrogens (primary N) is 2. The third-order valence-corrected chi connectivity index (χ3v) is 8.34. The number of carbonyl (C=O) groups excluding carboxylic acids is 3. The summed E-state index contributed by atoms with van der Waals surface area (Å²) in [6.45, 7) is 8.27. The van der Waals surface area contributed by atoms with E-state index >= 15 is 0 Å². The van der Waals surface area contributed by atoms with Crippen molar-refractivity contribution in [2.45, 2.75) is 89.9 Å². The van der Waals surface area contributed by atoms with E-state index in [1.807, 2.05) is 39.0 Å². The summed E-state index contributed by atoms with van der Waals surface area (Å²) in [4.78, 5) is 50.2. The zero-order valence-corrected chi connectivity index (χ0v) is 26.4. The Morgan fingerprint density at radius 1 is 1.18 bits per heavy atom. The fourth-order valence-corrected chi connectivity index (χ4v) is 6.01. The Bertz CT molecular complexity index is 1470. The van der Waals surface area contributed by atoms with E-state index in [9.17, 15) is 14.4 Å². The molecule has 236 valence electrons. The number of Topliss-reactive ketones (excluding diaryl/α,β-unsaturated/α-hetero) is 2. The number of nitrogens with zero attached hydrogens (tertiary/aromatic N) is 2. The van der Waals surface area contributed by atoms with Crippen LogP contribution < -0.4 is 16.8 Å². The highest BCUT2D eigenvalue weighted by molar-refractivity contribution is 6.33. The molecule has 1 aromatic heterocycles. The SMILES string of the molecule is CCCCCCOC(=O)C12OC1(CC=C(C)CC(NC(N)=NC)c1ccnc(N)c1)C(=O)c1cccc(CC(C)C)c1C2=O. The Kier molecular flexibility index (Phi) is 10.2. The second-order valence-corrected chi connectivity index (χ2v) is 12.2. The highest BCUT2D eigenvalue weighted by atomic mass is 16.7. The smallest absolute Gasteiger partial charge is 0.350 e. The fourth-order valence-electron chi connectivity index (χ4n) is 6.01. The Morgan fingerprint density at radius 2 is 1.95 bits per heavy atom. The lowest BCUT2D eigenvalue weighted by Gasteiger charge is -2.26. The summed E-state index contributed by atoms with van der Waals surface area (Å²) in [6.07, 6.45) is 8.22. The van der Waals surface area contributed by atoms with Gasteiger partial charge in [0, 0.05) is 30.8 Å². The first kappa shape index (κ1) is 32.9. The number of fused-ring (bicyclic) bond motifs is 2. The van der Waals surface area contributed by atoms with Gasteiger partial charge in [-0.3, -0.25) is 14.6 Å². The van der Waals surface area contributed by atoms with Crippen molar-refractivity contribution in [3.63, 3.8) is 0 Å². The molecule has 44 heavy (non-hydrogen) atoms.